The van der Waals surface area contributed by atoms with E-state index in [1.165, 1.54) is 0 Å². The molecule has 0 aliphatic carbocycles. The first kappa shape index (κ1) is 11.2. The van der Waals surface area contributed by atoms with E-state index in [9.17, 15) is 0 Å². The lowest BCUT2D eigenvalue weighted by Crippen LogP contribution is -2.13. The molecule has 0 N–H and O–H groups in total. The van der Waals surface area contributed by atoms with Crippen LogP contribution in [0.1, 0.15) is 27.7 Å². The van der Waals surface area contributed by atoms with Crippen LogP contribution in [0.2, 0.25) is 0 Å². The highest BCUT2D eigenvalue weighted by atomic mass is 14.7. The zero-order chi connectivity index (χ0) is 9.72. The van der Waals surface area contributed by atoms with E-state index in [0.717, 1.165) is 11.3 Å². The Labute approximate surface area is 75.9 Å². The fourth-order valence-corrected chi connectivity index (χ4v) is 0.997. The Bertz CT molecular complexity index is 197. The lowest BCUT2D eigenvalue weighted by molar-refractivity contribution is 0.777. The van der Waals surface area contributed by atoms with Crippen LogP contribution in [0.5, 0.6) is 0 Å². The van der Waals surface area contributed by atoms with Gasteiger partial charge < -0.3 is 0 Å². The van der Waals surface area contributed by atoms with E-state index >= 15 is 0 Å². The minimum Gasteiger partial charge on any atom is -0.261 e. The first-order valence-corrected chi connectivity index (χ1v) is 4.38. The first-order valence-electron chi connectivity index (χ1n) is 4.38. The van der Waals surface area contributed by atoms with Gasteiger partial charge in [-0.05, 0) is 17.4 Å². The van der Waals surface area contributed by atoms with Crippen molar-refractivity contribution in [2.24, 2.45) is 16.8 Å². The Morgan fingerprint density at radius 3 is 1.92 bits per heavy atom. The molecule has 0 saturated carbocycles. The maximum atomic E-state index is 4.23. The van der Waals surface area contributed by atoms with Crippen LogP contribution in [0.3, 0.4) is 0 Å². The van der Waals surface area contributed by atoms with E-state index in [0.29, 0.717) is 11.8 Å². The molecule has 0 unspecified atom stereocenters. The lowest BCUT2D eigenvalue weighted by atomic mass is 9.93. The predicted molar refractivity (Wildman–Crippen MR) is 56.4 cm³/mol. The Kier molecular flexibility index (Phi) is 4.57. The van der Waals surface area contributed by atoms with Gasteiger partial charge in [0.1, 0.15) is 0 Å². The van der Waals surface area contributed by atoms with Crippen LogP contribution in [-0.4, -0.2) is 5.71 Å². The van der Waals surface area contributed by atoms with E-state index in [1.54, 1.807) is 6.20 Å². The van der Waals surface area contributed by atoms with Crippen molar-refractivity contribution in [1.29, 1.82) is 0 Å². The summed E-state index contributed by atoms with van der Waals surface area (Å²) < 4.78 is 0. The van der Waals surface area contributed by atoms with Crippen molar-refractivity contribution < 1.29 is 0 Å². The average Bonchev–Trinajstić information content (AvgIpc) is 1.98. The zero-order valence-corrected chi connectivity index (χ0v) is 8.59. The van der Waals surface area contributed by atoms with Crippen molar-refractivity contribution >= 4 is 5.71 Å². The van der Waals surface area contributed by atoms with Gasteiger partial charge in [0.25, 0.3) is 0 Å². The fourth-order valence-electron chi connectivity index (χ4n) is 0.997. The summed E-state index contributed by atoms with van der Waals surface area (Å²) in [5, 5.41) is 0. The number of nitrogens with zero attached hydrogens (tertiary/aromatic N) is 1. The Hall–Kier alpha value is -0.850. The molecule has 1 nitrogen and oxygen atoms in total. The van der Waals surface area contributed by atoms with Crippen molar-refractivity contribution in [2.75, 3.05) is 0 Å². The second-order valence-corrected chi connectivity index (χ2v) is 3.53. The van der Waals surface area contributed by atoms with Crippen LogP contribution in [-0.2, 0) is 0 Å². The van der Waals surface area contributed by atoms with Gasteiger partial charge in [0.15, 0.2) is 0 Å². The van der Waals surface area contributed by atoms with Crippen LogP contribution in [0, 0.1) is 11.8 Å². The van der Waals surface area contributed by atoms with Crippen molar-refractivity contribution in [1.82, 2.24) is 0 Å². The minimum absolute atomic E-state index is 0.429. The van der Waals surface area contributed by atoms with E-state index in [-0.39, 0.29) is 0 Å². The SMILES string of the molecule is C=CN=C(C(=C)C(C)C)C(C)C. The van der Waals surface area contributed by atoms with E-state index in [4.69, 9.17) is 0 Å². The standard InChI is InChI=1S/C11H19N/c1-7-12-11(9(4)5)10(6)8(2)3/h7-9H,1,6H2,2-5H3. The Balaban J connectivity index is 4.64. The monoisotopic (exact) mass is 165 g/mol. The summed E-state index contributed by atoms with van der Waals surface area (Å²) in [6.45, 7) is 16.1. The van der Waals surface area contributed by atoms with Crippen LogP contribution in [0.4, 0.5) is 0 Å². The summed E-state index contributed by atoms with van der Waals surface area (Å²) >= 11 is 0. The third-order valence-corrected chi connectivity index (χ3v) is 1.80. The highest BCUT2D eigenvalue weighted by Crippen LogP contribution is 2.15. The molecule has 0 amide bonds. The van der Waals surface area contributed by atoms with Gasteiger partial charge in [0.2, 0.25) is 0 Å². The molecule has 1 heteroatoms. The highest BCUT2D eigenvalue weighted by Gasteiger charge is 2.11. The van der Waals surface area contributed by atoms with Gasteiger partial charge in [-0.2, -0.15) is 0 Å². The van der Waals surface area contributed by atoms with E-state index in [2.05, 4.69) is 45.8 Å². The highest BCUT2D eigenvalue weighted by molar-refractivity contribution is 6.01. The smallest absolute Gasteiger partial charge is 0.0457 e. The molecule has 0 bridgehead atoms. The fraction of sp³-hybridized carbons (Fsp3) is 0.545. The zero-order valence-electron chi connectivity index (χ0n) is 8.59. The molecule has 0 aromatic carbocycles. The van der Waals surface area contributed by atoms with Crippen LogP contribution >= 0.6 is 0 Å². The lowest BCUT2D eigenvalue weighted by Gasteiger charge is -2.15. The van der Waals surface area contributed by atoms with E-state index in [1.807, 2.05) is 0 Å². The molecule has 68 valence electrons. The molecular formula is C11H19N. The molecule has 0 spiro atoms. The minimum atomic E-state index is 0.429. The number of hydrogen-bond acceptors (Lipinski definition) is 1. The molecule has 0 heterocycles. The molecule has 0 radical (unpaired) electrons. The number of hydrogen-bond donors (Lipinski definition) is 0. The molecule has 0 aliphatic heterocycles. The molecule has 0 aromatic heterocycles. The van der Waals surface area contributed by atoms with Gasteiger partial charge in [-0.1, -0.05) is 40.9 Å². The molecule has 0 rings (SSSR count). The van der Waals surface area contributed by atoms with Gasteiger partial charge in [-0.3, -0.25) is 4.99 Å². The quantitative estimate of drug-likeness (QED) is 0.566. The summed E-state index contributed by atoms with van der Waals surface area (Å²) in [5.74, 6) is 0.893. The number of aliphatic imine (C=N–C) groups is 1. The summed E-state index contributed by atoms with van der Waals surface area (Å²) in [5.41, 5.74) is 2.19. The largest absolute Gasteiger partial charge is 0.261 e. The molecule has 12 heavy (non-hydrogen) atoms. The van der Waals surface area contributed by atoms with E-state index < -0.39 is 0 Å². The molecule has 0 aromatic rings. The second-order valence-electron chi connectivity index (χ2n) is 3.53. The molecule has 0 atom stereocenters. The van der Waals surface area contributed by atoms with Gasteiger partial charge >= 0.3 is 0 Å². The summed E-state index contributed by atoms with van der Waals surface area (Å²) in [6.07, 6.45) is 1.59. The first-order chi connectivity index (χ1) is 5.50. The number of allylic oxidation sites excluding steroid dienone is 1. The Morgan fingerprint density at radius 1 is 1.17 bits per heavy atom. The molecular weight excluding hydrogens is 146 g/mol. The second kappa shape index (κ2) is 4.91. The van der Waals surface area contributed by atoms with Gasteiger partial charge in [-0.15, -0.1) is 0 Å². The molecule has 0 aliphatic rings. The topological polar surface area (TPSA) is 12.4 Å². The molecule has 0 saturated heterocycles. The van der Waals surface area contributed by atoms with Crippen LogP contribution in [0.25, 0.3) is 0 Å². The normalized spacial score (nSPS) is 12.3. The van der Waals surface area contributed by atoms with Crippen LogP contribution < -0.4 is 0 Å². The predicted octanol–water partition coefficient (Wildman–Crippen LogP) is 3.44. The maximum absolute atomic E-state index is 4.23. The molecule has 0 fully saturated rings. The van der Waals surface area contributed by atoms with Crippen molar-refractivity contribution in [3.05, 3.63) is 24.9 Å². The van der Waals surface area contributed by atoms with Gasteiger partial charge in [0.05, 0.1) is 0 Å². The van der Waals surface area contributed by atoms with Gasteiger partial charge in [-0.25, -0.2) is 0 Å². The third kappa shape index (κ3) is 3.04. The Morgan fingerprint density at radius 2 is 1.67 bits per heavy atom. The number of rotatable bonds is 4. The van der Waals surface area contributed by atoms with Crippen molar-refractivity contribution in [3.8, 4) is 0 Å². The van der Waals surface area contributed by atoms with Crippen LogP contribution in [0.15, 0.2) is 29.9 Å². The average molecular weight is 165 g/mol. The summed E-state index contributed by atoms with van der Waals surface area (Å²) in [4.78, 5) is 4.23. The van der Waals surface area contributed by atoms with Gasteiger partial charge in [0, 0.05) is 11.9 Å². The van der Waals surface area contributed by atoms with Crippen molar-refractivity contribution in [2.45, 2.75) is 27.7 Å². The maximum Gasteiger partial charge on any atom is 0.0457 e. The summed E-state index contributed by atoms with van der Waals surface area (Å²) in [7, 11) is 0. The third-order valence-electron chi connectivity index (χ3n) is 1.80. The van der Waals surface area contributed by atoms with Crippen molar-refractivity contribution in [3.63, 3.8) is 0 Å². The summed E-state index contributed by atoms with van der Waals surface area (Å²) in [6, 6.07) is 0.